The van der Waals surface area contributed by atoms with Crippen molar-refractivity contribution in [2.45, 2.75) is 25.2 Å². The molecule has 1 aromatic heterocycles. The van der Waals surface area contributed by atoms with Crippen LogP contribution in [0.15, 0.2) is 41.4 Å². The molecule has 0 amide bonds. The summed E-state index contributed by atoms with van der Waals surface area (Å²) < 4.78 is 38.0. The quantitative estimate of drug-likeness (QED) is 0.672. The molecule has 1 heterocycles. The third-order valence-corrected chi connectivity index (χ3v) is 4.99. The number of hydrogen-bond acceptors (Lipinski definition) is 5. The minimum atomic E-state index is -3.61. The second-order valence-electron chi connectivity index (χ2n) is 5.11. The van der Waals surface area contributed by atoms with Crippen LogP contribution >= 0.6 is 11.6 Å². The zero-order chi connectivity index (χ0) is 18.3. The van der Waals surface area contributed by atoms with Crippen molar-refractivity contribution in [3.63, 3.8) is 0 Å². The predicted octanol–water partition coefficient (Wildman–Crippen LogP) is 3.05. The molecule has 8 heteroatoms. The monoisotopic (exact) mass is 384 g/mol. The zero-order valence-electron chi connectivity index (χ0n) is 14.2. The molecule has 0 aliphatic rings. The molecule has 0 radical (unpaired) electrons. The van der Waals surface area contributed by atoms with Crippen molar-refractivity contribution in [1.82, 2.24) is 9.71 Å². The van der Waals surface area contributed by atoms with Crippen LogP contribution in [0.4, 0.5) is 0 Å². The van der Waals surface area contributed by atoms with E-state index in [1.54, 1.807) is 0 Å². The van der Waals surface area contributed by atoms with Gasteiger partial charge in [-0.3, -0.25) is 0 Å². The second-order valence-corrected chi connectivity index (χ2v) is 7.27. The van der Waals surface area contributed by atoms with E-state index in [2.05, 4.69) is 9.71 Å². The topological polar surface area (TPSA) is 77.5 Å². The van der Waals surface area contributed by atoms with Crippen LogP contribution in [0, 0.1) is 0 Å². The molecular formula is C17H21ClN2O4S. The number of nitrogens with one attached hydrogen (secondary N) is 1. The maximum atomic E-state index is 12.2. The van der Waals surface area contributed by atoms with E-state index < -0.39 is 10.0 Å². The molecule has 25 heavy (non-hydrogen) atoms. The molecule has 0 fully saturated rings. The van der Waals surface area contributed by atoms with Crippen molar-refractivity contribution in [1.29, 1.82) is 0 Å². The fourth-order valence-corrected chi connectivity index (χ4v) is 3.27. The molecule has 0 saturated heterocycles. The molecule has 0 bridgehead atoms. The summed E-state index contributed by atoms with van der Waals surface area (Å²) in [6, 6.07) is 8.46. The Morgan fingerprint density at radius 1 is 1.08 bits per heavy atom. The lowest BCUT2D eigenvalue weighted by molar-refractivity contribution is 0.287. The van der Waals surface area contributed by atoms with Gasteiger partial charge in [0.05, 0.1) is 13.2 Å². The third kappa shape index (κ3) is 5.59. The summed E-state index contributed by atoms with van der Waals surface area (Å²) in [6.07, 6.45) is 1.75. The lowest BCUT2D eigenvalue weighted by Crippen LogP contribution is -2.26. The molecular weight excluding hydrogens is 364 g/mol. The van der Waals surface area contributed by atoms with Crippen LogP contribution in [0.25, 0.3) is 0 Å². The van der Waals surface area contributed by atoms with Gasteiger partial charge in [-0.05, 0) is 50.1 Å². The van der Waals surface area contributed by atoms with Crippen LogP contribution in [0.2, 0.25) is 5.15 Å². The third-order valence-electron chi connectivity index (χ3n) is 3.32. The number of rotatable bonds is 9. The Labute approximate surface area is 153 Å². The van der Waals surface area contributed by atoms with E-state index in [-0.39, 0.29) is 16.6 Å². The van der Waals surface area contributed by atoms with Crippen molar-refractivity contribution in [2.75, 3.05) is 19.8 Å². The highest BCUT2D eigenvalue weighted by Gasteiger charge is 2.14. The number of ether oxygens (including phenoxy) is 2. The number of benzene rings is 1. The van der Waals surface area contributed by atoms with Crippen LogP contribution in [0.1, 0.15) is 19.4 Å². The first-order valence-electron chi connectivity index (χ1n) is 7.96. The Morgan fingerprint density at radius 2 is 1.80 bits per heavy atom. The number of nitrogens with zero attached hydrogens (tertiary/aromatic N) is 1. The average Bonchev–Trinajstić information content (AvgIpc) is 2.58. The minimum Gasteiger partial charge on any atom is -0.490 e. The molecule has 1 N–H and O–H groups in total. The predicted molar refractivity (Wildman–Crippen MR) is 96.9 cm³/mol. The highest BCUT2D eigenvalue weighted by molar-refractivity contribution is 7.89. The van der Waals surface area contributed by atoms with Gasteiger partial charge in [-0.1, -0.05) is 17.7 Å². The van der Waals surface area contributed by atoms with Gasteiger partial charge in [0, 0.05) is 12.7 Å². The van der Waals surface area contributed by atoms with Crippen LogP contribution in [-0.4, -0.2) is 33.2 Å². The van der Waals surface area contributed by atoms with E-state index in [1.807, 2.05) is 32.0 Å². The van der Waals surface area contributed by atoms with Gasteiger partial charge in [-0.15, -0.1) is 0 Å². The largest absolute Gasteiger partial charge is 0.490 e. The van der Waals surface area contributed by atoms with Gasteiger partial charge in [0.1, 0.15) is 10.0 Å². The Morgan fingerprint density at radius 3 is 2.44 bits per heavy atom. The smallest absolute Gasteiger partial charge is 0.242 e. The van der Waals surface area contributed by atoms with Crippen LogP contribution in [0.5, 0.6) is 11.5 Å². The molecule has 2 aromatic rings. The summed E-state index contributed by atoms with van der Waals surface area (Å²) in [6.45, 7) is 5.14. The van der Waals surface area contributed by atoms with Gasteiger partial charge in [-0.2, -0.15) is 0 Å². The molecule has 6 nitrogen and oxygen atoms in total. The van der Waals surface area contributed by atoms with Crippen molar-refractivity contribution >= 4 is 21.6 Å². The number of pyridine rings is 1. The molecule has 0 saturated carbocycles. The van der Waals surface area contributed by atoms with Crippen LogP contribution in [-0.2, 0) is 16.4 Å². The Balaban J connectivity index is 2.01. The molecule has 0 aliphatic carbocycles. The van der Waals surface area contributed by atoms with E-state index in [0.29, 0.717) is 31.1 Å². The van der Waals surface area contributed by atoms with Gasteiger partial charge >= 0.3 is 0 Å². The Kier molecular flexibility index (Phi) is 7.04. The lowest BCUT2D eigenvalue weighted by Gasteiger charge is -2.12. The molecule has 0 aliphatic heterocycles. The highest BCUT2D eigenvalue weighted by Crippen LogP contribution is 2.28. The lowest BCUT2D eigenvalue weighted by atomic mass is 10.1. The summed E-state index contributed by atoms with van der Waals surface area (Å²) in [7, 11) is -3.61. The Bertz CT molecular complexity index is 795. The summed E-state index contributed by atoms with van der Waals surface area (Å²) in [5.41, 5.74) is 0.948. The normalized spacial score (nSPS) is 11.3. The SMILES string of the molecule is CCOc1ccc(CCNS(=O)(=O)c2ccc(Cl)nc2)cc1OCC. The van der Waals surface area contributed by atoms with E-state index in [9.17, 15) is 8.42 Å². The standard InChI is InChI=1S/C17H21ClN2O4S/c1-3-23-15-7-5-13(11-16(15)24-4-2)9-10-20-25(21,22)14-6-8-17(18)19-12-14/h5-8,11-12,20H,3-4,9-10H2,1-2H3. The maximum Gasteiger partial charge on any atom is 0.242 e. The van der Waals surface area contributed by atoms with E-state index in [0.717, 1.165) is 5.56 Å². The Hall–Kier alpha value is -1.83. The van der Waals surface area contributed by atoms with E-state index in [1.165, 1.54) is 18.3 Å². The van der Waals surface area contributed by atoms with Gasteiger partial charge in [0.2, 0.25) is 10.0 Å². The van der Waals surface area contributed by atoms with Gasteiger partial charge in [0.25, 0.3) is 0 Å². The van der Waals surface area contributed by atoms with Crippen LogP contribution < -0.4 is 14.2 Å². The number of hydrogen-bond donors (Lipinski definition) is 1. The molecule has 0 spiro atoms. The maximum absolute atomic E-state index is 12.2. The fraction of sp³-hybridized carbons (Fsp3) is 0.353. The van der Waals surface area contributed by atoms with Crippen molar-refractivity contribution in [3.05, 3.63) is 47.2 Å². The summed E-state index contributed by atoms with van der Waals surface area (Å²) in [4.78, 5) is 3.87. The molecule has 136 valence electrons. The molecule has 0 unspecified atom stereocenters. The van der Waals surface area contributed by atoms with Gasteiger partial charge in [0.15, 0.2) is 11.5 Å². The zero-order valence-corrected chi connectivity index (χ0v) is 15.7. The summed E-state index contributed by atoms with van der Waals surface area (Å²) in [5.74, 6) is 1.34. The van der Waals surface area contributed by atoms with Gasteiger partial charge < -0.3 is 9.47 Å². The van der Waals surface area contributed by atoms with E-state index in [4.69, 9.17) is 21.1 Å². The molecule has 0 atom stereocenters. The van der Waals surface area contributed by atoms with Crippen LogP contribution in [0.3, 0.4) is 0 Å². The van der Waals surface area contributed by atoms with Crippen molar-refractivity contribution in [3.8, 4) is 11.5 Å². The summed E-state index contributed by atoms with van der Waals surface area (Å²) >= 11 is 5.67. The second kappa shape index (κ2) is 9.03. The minimum absolute atomic E-state index is 0.0820. The fourth-order valence-electron chi connectivity index (χ4n) is 2.19. The highest BCUT2D eigenvalue weighted by atomic mass is 35.5. The number of halogens is 1. The van der Waals surface area contributed by atoms with Crippen molar-refractivity contribution in [2.24, 2.45) is 0 Å². The van der Waals surface area contributed by atoms with Gasteiger partial charge in [-0.25, -0.2) is 18.1 Å². The van der Waals surface area contributed by atoms with Crippen molar-refractivity contribution < 1.29 is 17.9 Å². The summed E-state index contributed by atoms with van der Waals surface area (Å²) in [5, 5.41) is 0.247. The number of sulfonamides is 1. The molecule has 1 aromatic carbocycles. The first-order chi connectivity index (χ1) is 12.0. The van der Waals surface area contributed by atoms with E-state index >= 15 is 0 Å². The molecule has 2 rings (SSSR count). The average molecular weight is 385 g/mol. The first kappa shape index (κ1) is 19.5. The number of aromatic nitrogens is 1. The first-order valence-corrected chi connectivity index (χ1v) is 9.82.